The van der Waals surface area contributed by atoms with Crippen molar-refractivity contribution in [3.63, 3.8) is 0 Å². The van der Waals surface area contributed by atoms with E-state index in [-0.39, 0.29) is 23.3 Å². The second-order valence-corrected chi connectivity index (χ2v) is 4.49. The number of nitrogens with zero attached hydrogens (tertiary/aromatic N) is 1. The van der Waals surface area contributed by atoms with Gasteiger partial charge in [-0.3, -0.25) is 4.79 Å². The van der Waals surface area contributed by atoms with Crippen molar-refractivity contribution < 1.29 is 19.4 Å². The van der Waals surface area contributed by atoms with Gasteiger partial charge in [-0.05, 0) is 18.1 Å². The van der Waals surface area contributed by atoms with Crippen LogP contribution in [0, 0.1) is 5.92 Å². The fourth-order valence-corrected chi connectivity index (χ4v) is 1.50. The highest BCUT2D eigenvalue weighted by atomic mass is 16.5. The van der Waals surface area contributed by atoms with Gasteiger partial charge in [0, 0.05) is 7.11 Å². The first-order valence-electron chi connectivity index (χ1n) is 5.95. The number of pyridine rings is 1. The van der Waals surface area contributed by atoms with Gasteiger partial charge in [0.1, 0.15) is 11.4 Å². The third kappa shape index (κ3) is 4.33. The lowest BCUT2D eigenvalue weighted by atomic mass is 10.1. The Balaban J connectivity index is 2.82. The number of rotatable bonds is 6. The standard InChI is InChI=1S/C13H18N2O4/c1-8(2)11(7-19-3)15-12(16)9-5-4-6-10(14-9)13(17)18/h4-6,8,11H,7H2,1-3H3,(H,15,16)(H,17,18). The number of carboxylic acid groups (broad SMARTS) is 1. The summed E-state index contributed by atoms with van der Waals surface area (Å²) in [5.74, 6) is -1.36. The fourth-order valence-electron chi connectivity index (χ4n) is 1.50. The van der Waals surface area contributed by atoms with E-state index in [1.807, 2.05) is 13.8 Å². The van der Waals surface area contributed by atoms with Crippen LogP contribution in [0.5, 0.6) is 0 Å². The van der Waals surface area contributed by atoms with Crippen molar-refractivity contribution in [3.8, 4) is 0 Å². The molecule has 0 saturated heterocycles. The first-order valence-corrected chi connectivity index (χ1v) is 5.95. The van der Waals surface area contributed by atoms with Crippen LogP contribution in [-0.4, -0.2) is 41.7 Å². The molecule has 1 aromatic rings. The second-order valence-electron chi connectivity index (χ2n) is 4.49. The molecule has 1 amide bonds. The Hall–Kier alpha value is -1.95. The Kier molecular flexibility index (Phi) is 5.44. The minimum atomic E-state index is -1.16. The SMILES string of the molecule is COCC(NC(=O)c1cccc(C(=O)O)n1)C(C)C. The number of hydrogen-bond donors (Lipinski definition) is 2. The Morgan fingerprint density at radius 3 is 2.53 bits per heavy atom. The van der Waals surface area contributed by atoms with Crippen molar-refractivity contribution >= 4 is 11.9 Å². The van der Waals surface area contributed by atoms with Gasteiger partial charge in [0.25, 0.3) is 5.91 Å². The third-order valence-corrected chi connectivity index (χ3v) is 2.67. The Morgan fingerprint density at radius 1 is 1.37 bits per heavy atom. The quantitative estimate of drug-likeness (QED) is 0.807. The zero-order valence-electron chi connectivity index (χ0n) is 11.2. The molecular formula is C13H18N2O4. The first-order chi connectivity index (χ1) is 8.95. The van der Waals surface area contributed by atoms with Gasteiger partial charge in [0.05, 0.1) is 12.6 Å². The van der Waals surface area contributed by atoms with Gasteiger partial charge in [0.2, 0.25) is 0 Å². The van der Waals surface area contributed by atoms with Gasteiger partial charge in [-0.2, -0.15) is 0 Å². The molecule has 0 bridgehead atoms. The number of hydrogen-bond acceptors (Lipinski definition) is 4. The molecule has 19 heavy (non-hydrogen) atoms. The zero-order chi connectivity index (χ0) is 14.4. The second kappa shape index (κ2) is 6.84. The number of carboxylic acids is 1. The monoisotopic (exact) mass is 266 g/mol. The number of aromatic carboxylic acids is 1. The molecule has 0 saturated carbocycles. The fraction of sp³-hybridized carbons (Fsp3) is 0.462. The lowest BCUT2D eigenvalue weighted by molar-refractivity contribution is 0.0690. The van der Waals surface area contributed by atoms with Gasteiger partial charge in [0.15, 0.2) is 0 Å². The first kappa shape index (κ1) is 15.1. The molecule has 6 nitrogen and oxygen atoms in total. The molecule has 0 aromatic carbocycles. The van der Waals surface area contributed by atoms with E-state index in [0.717, 1.165) is 0 Å². The minimum absolute atomic E-state index is 0.0849. The number of nitrogens with one attached hydrogen (secondary N) is 1. The molecular weight excluding hydrogens is 248 g/mol. The maximum Gasteiger partial charge on any atom is 0.354 e. The van der Waals surface area contributed by atoms with Crippen molar-refractivity contribution in [1.82, 2.24) is 10.3 Å². The zero-order valence-corrected chi connectivity index (χ0v) is 11.2. The largest absolute Gasteiger partial charge is 0.477 e. The van der Waals surface area contributed by atoms with Gasteiger partial charge < -0.3 is 15.2 Å². The highest BCUT2D eigenvalue weighted by Crippen LogP contribution is 2.05. The number of carbonyl (C=O) groups excluding carboxylic acids is 1. The molecule has 104 valence electrons. The molecule has 0 fully saturated rings. The van der Waals surface area contributed by atoms with E-state index in [4.69, 9.17) is 9.84 Å². The number of aromatic nitrogens is 1. The van der Waals surface area contributed by atoms with Crippen molar-refractivity contribution in [3.05, 3.63) is 29.6 Å². The van der Waals surface area contributed by atoms with E-state index in [1.54, 1.807) is 7.11 Å². The average Bonchev–Trinajstić information content (AvgIpc) is 2.38. The molecule has 0 aliphatic heterocycles. The minimum Gasteiger partial charge on any atom is -0.477 e. The normalized spacial score (nSPS) is 12.2. The summed E-state index contributed by atoms with van der Waals surface area (Å²) in [5, 5.41) is 11.6. The number of carbonyl (C=O) groups is 2. The highest BCUT2D eigenvalue weighted by Gasteiger charge is 2.18. The van der Waals surface area contributed by atoms with E-state index in [0.29, 0.717) is 6.61 Å². The summed E-state index contributed by atoms with van der Waals surface area (Å²) < 4.78 is 5.03. The van der Waals surface area contributed by atoms with Gasteiger partial charge >= 0.3 is 5.97 Å². The molecule has 0 aliphatic rings. The molecule has 1 heterocycles. The Bertz CT molecular complexity index is 460. The van der Waals surface area contributed by atoms with Crippen LogP contribution in [0.2, 0.25) is 0 Å². The molecule has 1 aromatic heterocycles. The molecule has 6 heteroatoms. The summed E-state index contributed by atoms with van der Waals surface area (Å²) in [5.41, 5.74) is -0.0675. The van der Waals surface area contributed by atoms with Crippen LogP contribution in [0.3, 0.4) is 0 Å². The number of methoxy groups -OCH3 is 1. The van der Waals surface area contributed by atoms with Crippen molar-refractivity contribution in [1.29, 1.82) is 0 Å². The lowest BCUT2D eigenvalue weighted by Crippen LogP contribution is -2.42. The molecule has 2 N–H and O–H groups in total. The summed E-state index contributed by atoms with van der Waals surface area (Å²) in [6, 6.07) is 4.17. The maximum absolute atomic E-state index is 12.0. The molecule has 1 unspecified atom stereocenters. The van der Waals surface area contributed by atoms with Crippen LogP contribution >= 0.6 is 0 Å². The highest BCUT2D eigenvalue weighted by molar-refractivity contribution is 5.94. The van der Waals surface area contributed by atoms with Gasteiger partial charge in [-0.15, -0.1) is 0 Å². The van der Waals surface area contributed by atoms with Crippen LogP contribution < -0.4 is 5.32 Å². The van der Waals surface area contributed by atoms with Crippen molar-refractivity contribution in [2.75, 3.05) is 13.7 Å². The molecule has 0 aliphatic carbocycles. The topological polar surface area (TPSA) is 88.5 Å². The van der Waals surface area contributed by atoms with E-state index < -0.39 is 11.9 Å². The van der Waals surface area contributed by atoms with E-state index in [2.05, 4.69) is 10.3 Å². The van der Waals surface area contributed by atoms with Crippen LogP contribution in [0.4, 0.5) is 0 Å². The Labute approximate surface area is 111 Å². The molecule has 0 spiro atoms. The van der Waals surface area contributed by atoms with E-state index >= 15 is 0 Å². The Morgan fingerprint density at radius 2 is 2.00 bits per heavy atom. The number of amides is 1. The predicted octanol–water partition coefficient (Wildman–Crippen LogP) is 1.18. The molecule has 1 atom stereocenters. The molecule has 1 rings (SSSR count). The lowest BCUT2D eigenvalue weighted by Gasteiger charge is -2.21. The van der Waals surface area contributed by atoms with Crippen molar-refractivity contribution in [2.24, 2.45) is 5.92 Å². The van der Waals surface area contributed by atoms with E-state index in [9.17, 15) is 9.59 Å². The summed E-state index contributed by atoms with van der Waals surface area (Å²) in [6.07, 6.45) is 0. The van der Waals surface area contributed by atoms with Crippen LogP contribution in [0.15, 0.2) is 18.2 Å². The van der Waals surface area contributed by atoms with E-state index in [1.165, 1.54) is 18.2 Å². The summed E-state index contributed by atoms with van der Waals surface area (Å²) >= 11 is 0. The average molecular weight is 266 g/mol. The molecule has 0 radical (unpaired) electrons. The van der Waals surface area contributed by atoms with Gasteiger partial charge in [-0.25, -0.2) is 9.78 Å². The number of ether oxygens (including phenoxy) is 1. The van der Waals surface area contributed by atoms with Crippen LogP contribution in [0.1, 0.15) is 34.8 Å². The van der Waals surface area contributed by atoms with Crippen LogP contribution in [-0.2, 0) is 4.74 Å². The smallest absolute Gasteiger partial charge is 0.354 e. The third-order valence-electron chi connectivity index (χ3n) is 2.67. The summed E-state index contributed by atoms with van der Waals surface area (Å²) in [4.78, 5) is 26.6. The van der Waals surface area contributed by atoms with Crippen molar-refractivity contribution in [2.45, 2.75) is 19.9 Å². The maximum atomic E-state index is 12.0. The summed E-state index contributed by atoms with van der Waals surface area (Å²) in [6.45, 7) is 4.32. The van der Waals surface area contributed by atoms with Crippen LogP contribution in [0.25, 0.3) is 0 Å². The predicted molar refractivity (Wildman–Crippen MR) is 69.2 cm³/mol. The van der Waals surface area contributed by atoms with Gasteiger partial charge in [-0.1, -0.05) is 19.9 Å². The summed E-state index contributed by atoms with van der Waals surface area (Å²) in [7, 11) is 1.56.